The highest BCUT2D eigenvalue weighted by Crippen LogP contribution is 2.37. The predicted molar refractivity (Wildman–Crippen MR) is 139 cm³/mol. The van der Waals surface area contributed by atoms with Gasteiger partial charge in [0.25, 0.3) is 0 Å². The lowest BCUT2D eigenvalue weighted by Crippen LogP contribution is -2.37. The lowest BCUT2D eigenvalue weighted by molar-refractivity contribution is 0.243. The first-order valence-corrected chi connectivity index (χ1v) is 15.3. The monoisotopic (exact) mass is 489 g/mol. The molecule has 1 atom stereocenters. The van der Waals surface area contributed by atoms with E-state index in [0.717, 1.165) is 38.8 Å². The molecule has 1 unspecified atom stereocenters. The maximum absolute atomic E-state index is 12.3. The number of aliphatic hydroxyl groups is 1. The Morgan fingerprint density at radius 1 is 0.848 bits per heavy atom. The van der Waals surface area contributed by atoms with Crippen molar-refractivity contribution in [1.82, 2.24) is 9.99 Å². The molecule has 1 rings (SSSR count). The van der Waals surface area contributed by atoms with Gasteiger partial charge in [0.2, 0.25) is 5.96 Å². The largest absolute Gasteiger partial charge is 0.432 e. The Balaban J connectivity index is 1.99. The third-order valence-electron chi connectivity index (χ3n) is 6.27. The van der Waals surface area contributed by atoms with E-state index in [-0.39, 0.29) is 13.2 Å². The Morgan fingerprint density at radius 2 is 1.36 bits per heavy atom. The van der Waals surface area contributed by atoms with Crippen LogP contribution in [0.1, 0.15) is 122 Å². The van der Waals surface area contributed by atoms with Crippen LogP contribution < -0.4 is 5.09 Å². The van der Waals surface area contributed by atoms with Crippen LogP contribution in [-0.4, -0.2) is 53.7 Å². The summed E-state index contributed by atoms with van der Waals surface area (Å²) in [5, 5.41) is 11.4. The van der Waals surface area contributed by atoms with Gasteiger partial charge in [-0.1, -0.05) is 103 Å². The van der Waals surface area contributed by atoms with Crippen molar-refractivity contribution in [2.75, 3.05) is 32.8 Å². The standard InChI is InChI=1S/C25H52N3O4P/c1-2-3-4-5-6-7-8-9-10-11-12-13-14-17-21-28-22-20-26-25(28)27-33(30,31)32-24-19-16-15-18-23-29/h29H,2-24H2,1H3,(H2,26,27,30,31). The van der Waals surface area contributed by atoms with Crippen LogP contribution in [0.15, 0.2) is 4.99 Å². The molecule has 1 heterocycles. The van der Waals surface area contributed by atoms with E-state index in [9.17, 15) is 9.46 Å². The molecule has 7 nitrogen and oxygen atoms in total. The number of aliphatic imine (C=N–C) groups is 1. The van der Waals surface area contributed by atoms with Gasteiger partial charge in [-0.2, -0.15) is 0 Å². The van der Waals surface area contributed by atoms with E-state index in [1.54, 1.807) is 0 Å². The van der Waals surface area contributed by atoms with Crippen molar-refractivity contribution in [3.05, 3.63) is 0 Å². The van der Waals surface area contributed by atoms with Crippen molar-refractivity contribution in [2.45, 2.75) is 122 Å². The van der Waals surface area contributed by atoms with Crippen LogP contribution in [0, 0.1) is 0 Å². The quantitative estimate of drug-likeness (QED) is 0.114. The van der Waals surface area contributed by atoms with Crippen molar-refractivity contribution in [1.29, 1.82) is 0 Å². The number of aliphatic hydroxyl groups excluding tert-OH is 1. The van der Waals surface area contributed by atoms with Gasteiger partial charge >= 0.3 is 7.75 Å². The van der Waals surface area contributed by atoms with Crippen LogP contribution in [0.4, 0.5) is 0 Å². The highest BCUT2D eigenvalue weighted by molar-refractivity contribution is 7.51. The molecule has 0 bridgehead atoms. The minimum absolute atomic E-state index is 0.190. The van der Waals surface area contributed by atoms with Crippen LogP contribution in [0.25, 0.3) is 0 Å². The van der Waals surface area contributed by atoms with Crippen molar-refractivity contribution >= 4 is 13.7 Å². The van der Waals surface area contributed by atoms with Crippen molar-refractivity contribution in [2.24, 2.45) is 4.99 Å². The van der Waals surface area contributed by atoms with E-state index in [2.05, 4.69) is 21.9 Å². The summed E-state index contributed by atoms with van der Waals surface area (Å²) >= 11 is 0. The van der Waals surface area contributed by atoms with Gasteiger partial charge in [0.15, 0.2) is 0 Å². The van der Waals surface area contributed by atoms with E-state index in [4.69, 9.17) is 9.63 Å². The van der Waals surface area contributed by atoms with Crippen molar-refractivity contribution in [3.63, 3.8) is 0 Å². The van der Waals surface area contributed by atoms with Gasteiger partial charge in [0, 0.05) is 19.7 Å². The molecule has 1 aliphatic heterocycles. The smallest absolute Gasteiger partial charge is 0.396 e. The summed E-state index contributed by atoms with van der Waals surface area (Å²) in [5.41, 5.74) is 0. The van der Waals surface area contributed by atoms with Crippen molar-refractivity contribution < 1.29 is 19.1 Å². The number of hydrogen-bond donors (Lipinski definition) is 3. The Bertz CT molecular complexity index is 534. The number of rotatable bonds is 23. The fourth-order valence-electron chi connectivity index (χ4n) is 4.22. The molecule has 0 aromatic heterocycles. The van der Waals surface area contributed by atoms with E-state index in [1.165, 1.54) is 83.5 Å². The Morgan fingerprint density at radius 3 is 1.94 bits per heavy atom. The summed E-state index contributed by atoms with van der Waals surface area (Å²) in [6.45, 7) is 5.01. The van der Waals surface area contributed by atoms with E-state index >= 15 is 0 Å². The first-order chi connectivity index (χ1) is 16.1. The zero-order valence-electron chi connectivity index (χ0n) is 21.3. The third kappa shape index (κ3) is 17.5. The van der Waals surface area contributed by atoms with Gasteiger partial charge in [-0.15, -0.1) is 0 Å². The maximum Gasteiger partial charge on any atom is 0.432 e. The highest BCUT2D eigenvalue weighted by Gasteiger charge is 2.26. The summed E-state index contributed by atoms with van der Waals surface area (Å²) < 4.78 is 17.5. The molecular weight excluding hydrogens is 437 g/mol. The molecule has 3 N–H and O–H groups in total. The maximum atomic E-state index is 12.3. The molecule has 0 saturated heterocycles. The fourth-order valence-corrected chi connectivity index (χ4v) is 5.12. The number of nitrogens with one attached hydrogen (secondary N) is 1. The Hall–Kier alpha value is -0.620. The van der Waals surface area contributed by atoms with Gasteiger partial charge in [-0.05, 0) is 19.3 Å². The van der Waals surface area contributed by atoms with Crippen LogP contribution in [-0.2, 0) is 9.09 Å². The first kappa shape index (κ1) is 30.4. The zero-order valence-corrected chi connectivity index (χ0v) is 22.2. The van der Waals surface area contributed by atoms with E-state index < -0.39 is 7.75 Å². The van der Waals surface area contributed by atoms with Crippen LogP contribution in [0.2, 0.25) is 0 Å². The summed E-state index contributed by atoms with van der Waals surface area (Å²) in [7, 11) is -3.88. The van der Waals surface area contributed by atoms with Gasteiger partial charge in [0.05, 0.1) is 13.2 Å². The molecule has 0 fully saturated rings. The van der Waals surface area contributed by atoms with Crippen LogP contribution in [0.5, 0.6) is 0 Å². The second kappa shape index (κ2) is 20.7. The number of guanidine groups is 1. The van der Waals surface area contributed by atoms with Crippen LogP contribution in [0.3, 0.4) is 0 Å². The zero-order chi connectivity index (χ0) is 24.0. The minimum atomic E-state index is -3.88. The Labute approximate surface area is 203 Å². The second-order valence-corrected chi connectivity index (χ2v) is 10.9. The minimum Gasteiger partial charge on any atom is -0.396 e. The second-order valence-electron chi connectivity index (χ2n) is 9.39. The number of hydrogen-bond acceptors (Lipinski definition) is 5. The van der Waals surface area contributed by atoms with Gasteiger partial charge in [-0.25, -0.2) is 4.57 Å². The van der Waals surface area contributed by atoms with E-state index in [1.807, 2.05) is 0 Å². The lowest BCUT2D eigenvalue weighted by Gasteiger charge is -2.23. The molecule has 0 radical (unpaired) electrons. The summed E-state index contributed by atoms with van der Waals surface area (Å²) in [6.07, 6.45) is 22.0. The summed E-state index contributed by atoms with van der Waals surface area (Å²) in [6, 6.07) is 0. The molecular formula is C25H52N3O4P. The molecule has 0 saturated carbocycles. The molecule has 1 aliphatic rings. The summed E-state index contributed by atoms with van der Waals surface area (Å²) in [5.74, 6) is 0.496. The van der Waals surface area contributed by atoms with Gasteiger partial charge in [0.1, 0.15) is 0 Å². The lowest BCUT2D eigenvalue weighted by atomic mass is 10.0. The topological polar surface area (TPSA) is 94.4 Å². The fraction of sp³-hybridized carbons (Fsp3) is 0.960. The third-order valence-corrected chi connectivity index (χ3v) is 7.29. The molecule has 33 heavy (non-hydrogen) atoms. The molecule has 0 spiro atoms. The van der Waals surface area contributed by atoms with Gasteiger partial charge in [-0.3, -0.25) is 14.6 Å². The summed E-state index contributed by atoms with van der Waals surface area (Å²) in [4.78, 5) is 16.5. The molecule has 0 amide bonds. The number of unbranched alkanes of at least 4 members (excludes halogenated alkanes) is 16. The van der Waals surface area contributed by atoms with Crippen molar-refractivity contribution in [3.8, 4) is 0 Å². The predicted octanol–water partition coefficient (Wildman–Crippen LogP) is 6.40. The molecule has 0 aromatic rings. The SMILES string of the molecule is CCCCCCCCCCCCCCCCN1CCN=C1NP(=O)(O)OCCCCCCO. The highest BCUT2D eigenvalue weighted by atomic mass is 31.2. The first-order valence-electron chi connectivity index (χ1n) is 13.7. The number of nitrogens with zero attached hydrogens (tertiary/aromatic N) is 2. The Kier molecular flexibility index (Phi) is 19.1. The average Bonchev–Trinajstić information content (AvgIpc) is 3.22. The molecule has 0 aromatic carbocycles. The normalized spacial score (nSPS) is 15.6. The molecule has 196 valence electrons. The average molecular weight is 490 g/mol. The molecule has 0 aliphatic carbocycles. The van der Waals surface area contributed by atoms with Gasteiger partial charge < -0.3 is 14.9 Å². The van der Waals surface area contributed by atoms with Crippen LogP contribution >= 0.6 is 7.75 Å². The molecule has 8 heteroatoms. The van der Waals surface area contributed by atoms with E-state index in [0.29, 0.717) is 18.9 Å².